The molecule has 96 valence electrons. The minimum Gasteiger partial charge on any atom is -0.349 e. The summed E-state index contributed by atoms with van der Waals surface area (Å²) in [7, 11) is 0. The van der Waals surface area contributed by atoms with Crippen LogP contribution in [0.15, 0.2) is 18.3 Å². The summed E-state index contributed by atoms with van der Waals surface area (Å²) in [5.41, 5.74) is 3.44. The number of carbonyl (C=O) groups is 1. The molecule has 0 spiro atoms. The standard InChI is InChI=1S/C14H19N3O/c1-5-11-13(14(18)15-9(2)3)17-8-10(4)6-7-12(17)16-11/h6-9H,5H2,1-4H3,(H,15,18). The number of imidazole rings is 1. The van der Waals surface area contributed by atoms with Crippen LogP contribution in [-0.2, 0) is 6.42 Å². The highest BCUT2D eigenvalue weighted by Gasteiger charge is 2.18. The molecule has 2 heterocycles. The molecule has 1 N–H and O–H groups in total. The normalized spacial score (nSPS) is 11.2. The molecule has 0 saturated carbocycles. The van der Waals surface area contributed by atoms with E-state index in [0.717, 1.165) is 23.3 Å². The summed E-state index contributed by atoms with van der Waals surface area (Å²) < 4.78 is 1.88. The summed E-state index contributed by atoms with van der Waals surface area (Å²) in [5.74, 6) is -0.0556. The van der Waals surface area contributed by atoms with Crippen LogP contribution < -0.4 is 5.32 Å². The van der Waals surface area contributed by atoms with Gasteiger partial charge in [-0.05, 0) is 38.8 Å². The van der Waals surface area contributed by atoms with Crippen molar-refractivity contribution in [3.8, 4) is 0 Å². The van der Waals surface area contributed by atoms with Gasteiger partial charge in [0, 0.05) is 12.2 Å². The van der Waals surface area contributed by atoms with Gasteiger partial charge in [0.1, 0.15) is 11.3 Å². The Bertz CT molecular complexity index is 584. The maximum atomic E-state index is 12.2. The van der Waals surface area contributed by atoms with Crippen LogP contribution in [0.4, 0.5) is 0 Å². The molecule has 2 rings (SSSR count). The number of nitrogens with one attached hydrogen (secondary N) is 1. The zero-order valence-corrected chi connectivity index (χ0v) is 11.3. The second-order valence-corrected chi connectivity index (χ2v) is 4.82. The van der Waals surface area contributed by atoms with Gasteiger partial charge < -0.3 is 5.32 Å². The molecule has 0 radical (unpaired) electrons. The van der Waals surface area contributed by atoms with Crippen molar-refractivity contribution in [1.82, 2.24) is 14.7 Å². The molecule has 0 aromatic carbocycles. The van der Waals surface area contributed by atoms with Crippen molar-refractivity contribution in [1.29, 1.82) is 0 Å². The molecule has 0 bridgehead atoms. The third-order valence-electron chi connectivity index (χ3n) is 2.81. The predicted octanol–water partition coefficient (Wildman–Crippen LogP) is 2.34. The van der Waals surface area contributed by atoms with Gasteiger partial charge in [0.15, 0.2) is 0 Å². The molecule has 0 aliphatic carbocycles. The third kappa shape index (κ3) is 2.23. The number of aryl methyl sites for hydroxylation is 2. The summed E-state index contributed by atoms with van der Waals surface area (Å²) >= 11 is 0. The molecule has 18 heavy (non-hydrogen) atoms. The Balaban J connectivity index is 2.58. The third-order valence-corrected chi connectivity index (χ3v) is 2.81. The molecule has 1 amide bonds. The van der Waals surface area contributed by atoms with Crippen molar-refractivity contribution in [3.63, 3.8) is 0 Å². The number of amides is 1. The summed E-state index contributed by atoms with van der Waals surface area (Å²) in [6.45, 7) is 7.94. The summed E-state index contributed by atoms with van der Waals surface area (Å²) in [4.78, 5) is 16.8. The fourth-order valence-corrected chi connectivity index (χ4v) is 2.02. The van der Waals surface area contributed by atoms with E-state index in [-0.39, 0.29) is 11.9 Å². The maximum absolute atomic E-state index is 12.2. The van der Waals surface area contributed by atoms with Gasteiger partial charge in [-0.25, -0.2) is 4.98 Å². The van der Waals surface area contributed by atoms with Crippen LogP contribution >= 0.6 is 0 Å². The number of rotatable bonds is 3. The number of hydrogen-bond donors (Lipinski definition) is 1. The molecular formula is C14H19N3O. The van der Waals surface area contributed by atoms with Gasteiger partial charge in [-0.15, -0.1) is 0 Å². The van der Waals surface area contributed by atoms with E-state index < -0.39 is 0 Å². The van der Waals surface area contributed by atoms with E-state index >= 15 is 0 Å². The minimum atomic E-state index is -0.0556. The number of fused-ring (bicyclic) bond motifs is 1. The van der Waals surface area contributed by atoms with Crippen LogP contribution in [-0.4, -0.2) is 21.3 Å². The molecular weight excluding hydrogens is 226 g/mol. The van der Waals surface area contributed by atoms with Gasteiger partial charge >= 0.3 is 0 Å². The van der Waals surface area contributed by atoms with Gasteiger partial charge in [-0.1, -0.05) is 13.0 Å². The minimum absolute atomic E-state index is 0.0556. The second kappa shape index (κ2) is 4.80. The molecule has 2 aromatic rings. The monoisotopic (exact) mass is 245 g/mol. The van der Waals surface area contributed by atoms with Crippen molar-refractivity contribution in [2.45, 2.75) is 40.2 Å². The Kier molecular flexibility index (Phi) is 3.36. The fourth-order valence-electron chi connectivity index (χ4n) is 2.02. The highest BCUT2D eigenvalue weighted by atomic mass is 16.2. The molecule has 0 aliphatic heterocycles. The van der Waals surface area contributed by atoms with Crippen LogP contribution in [0, 0.1) is 6.92 Å². The van der Waals surface area contributed by atoms with Crippen molar-refractivity contribution >= 4 is 11.6 Å². The Morgan fingerprint density at radius 1 is 1.44 bits per heavy atom. The first-order valence-corrected chi connectivity index (χ1v) is 6.31. The smallest absolute Gasteiger partial charge is 0.270 e. The Labute approximate surface area is 107 Å². The van der Waals surface area contributed by atoms with Crippen LogP contribution in [0.5, 0.6) is 0 Å². The Morgan fingerprint density at radius 3 is 2.78 bits per heavy atom. The lowest BCUT2D eigenvalue weighted by Gasteiger charge is -2.09. The van der Waals surface area contributed by atoms with E-state index in [9.17, 15) is 4.79 Å². The van der Waals surface area contributed by atoms with Gasteiger partial charge in [-0.2, -0.15) is 0 Å². The van der Waals surface area contributed by atoms with Gasteiger partial charge in [0.2, 0.25) is 0 Å². The largest absolute Gasteiger partial charge is 0.349 e. The van der Waals surface area contributed by atoms with E-state index in [2.05, 4.69) is 10.3 Å². The van der Waals surface area contributed by atoms with E-state index in [4.69, 9.17) is 0 Å². The Hall–Kier alpha value is -1.84. The quantitative estimate of drug-likeness (QED) is 0.902. The Morgan fingerprint density at radius 2 is 2.17 bits per heavy atom. The number of nitrogens with zero attached hydrogens (tertiary/aromatic N) is 2. The van der Waals surface area contributed by atoms with Crippen LogP contribution in [0.25, 0.3) is 5.65 Å². The zero-order valence-electron chi connectivity index (χ0n) is 11.3. The first kappa shape index (κ1) is 12.6. The summed E-state index contributed by atoms with van der Waals surface area (Å²) in [6, 6.07) is 4.07. The van der Waals surface area contributed by atoms with E-state index in [0.29, 0.717) is 5.69 Å². The zero-order chi connectivity index (χ0) is 13.3. The lowest BCUT2D eigenvalue weighted by molar-refractivity contribution is 0.0936. The topological polar surface area (TPSA) is 46.4 Å². The first-order valence-electron chi connectivity index (χ1n) is 6.31. The SMILES string of the molecule is CCc1nc2ccc(C)cn2c1C(=O)NC(C)C. The predicted molar refractivity (Wildman–Crippen MR) is 71.9 cm³/mol. The van der Waals surface area contributed by atoms with Crippen LogP contribution in [0.1, 0.15) is 42.5 Å². The maximum Gasteiger partial charge on any atom is 0.270 e. The van der Waals surface area contributed by atoms with Crippen LogP contribution in [0.3, 0.4) is 0 Å². The lowest BCUT2D eigenvalue weighted by atomic mass is 10.2. The van der Waals surface area contributed by atoms with Crippen molar-refractivity contribution in [3.05, 3.63) is 35.3 Å². The van der Waals surface area contributed by atoms with Gasteiger partial charge in [-0.3, -0.25) is 9.20 Å². The summed E-state index contributed by atoms with van der Waals surface area (Å²) in [6.07, 6.45) is 2.71. The average molecular weight is 245 g/mol. The molecule has 4 heteroatoms. The highest BCUT2D eigenvalue weighted by molar-refractivity contribution is 5.94. The second-order valence-electron chi connectivity index (χ2n) is 4.82. The molecule has 2 aromatic heterocycles. The van der Waals surface area contributed by atoms with Crippen molar-refractivity contribution in [2.75, 3.05) is 0 Å². The molecule has 4 nitrogen and oxygen atoms in total. The number of hydrogen-bond acceptors (Lipinski definition) is 2. The van der Waals surface area contributed by atoms with Crippen LogP contribution in [0.2, 0.25) is 0 Å². The molecule has 0 aliphatic rings. The first-order chi connectivity index (χ1) is 8.52. The average Bonchev–Trinajstić information content (AvgIpc) is 2.65. The van der Waals surface area contributed by atoms with Gasteiger partial charge in [0.05, 0.1) is 5.69 Å². The number of carbonyl (C=O) groups excluding carboxylic acids is 1. The summed E-state index contributed by atoms with van der Waals surface area (Å²) in [5, 5.41) is 2.93. The fraction of sp³-hybridized carbons (Fsp3) is 0.429. The van der Waals surface area contributed by atoms with E-state index in [1.54, 1.807) is 0 Å². The van der Waals surface area contributed by atoms with Gasteiger partial charge in [0.25, 0.3) is 5.91 Å². The number of aromatic nitrogens is 2. The van der Waals surface area contributed by atoms with Crippen molar-refractivity contribution in [2.24, 2.45) is 0 Å². The van der Waals surface area contributed by atoms with E-state index in [1.807, 2.05) is 50.4 Å². The van der Waals surface area contributed by atoms with E-state index in [1.165, 1.54) is 0 Å². The lowest BCUT2D eigenvalue weighted by Crippen LogP contribution is -2.31. The van der Waals surface area contributed by atoms with Crippen molar-refractivity contribution < 1.29 is 4.79 Å². The highest BCUT2D eigenvalue weighted by Crippen LogP contribution is 2.15. The molecule has 0 saturated heterocycles. The molecule has 0 atom stereocenters. The molecule has 0 fully saturated rings. The number of pyridine rings is 1. The molecule has 0 unspecified atom stereocenters.